The molecule has 1 aromatic carbocycles. The van der Waals surface area contributed by atoms with Gasteiger partial charge in [0.15, 0.2) is 12.4 Å². The molecule has 7 heteroatoms. The molecular weight excluding hydrogens is 324 g/mol. The highest BCUT2D eigenvalue weighted by Crippen LogP contribution is 2.12. The van der Waals surface area contributed by atoms with Crippen LogP contribution in [0.2, 0.25) is 0 Å². The fourth-order valence-corrected chi connectivity index (χ4v) is 2.12. The van der Waals surface area contributed by atoms with Crippen LogP contribution in [0.3, 0.4) is 0 Å². The topological polar surface area (TPSA) is 86.6 Å². The number of benzene rings is 1. The molecule has 0 spiro atoms. The summed E-state index contributed by atoms with van der Waals surface area (Å²) in [7, 11) is 1.78. The SMILES string of the molecule is CCOC(=O)c1ccc(NC(=O)COc2c(C)n(C)ccc2=O)cc1. The third-order valence-corrected chi connectivity index (χ3v) is 3.56. The number of anilines is 1. The van der Waals surface area contributed by atoms with Crippen molar-refractivity contribution in [2.24, 2.45) is 7.05 Å². The number of ether oxygens (including phenoxy) is 2. The average Bonchev–Trinajstić information content (AvgIpc) is 2.59. The van der Waals surface area contributed by atoms with Crippen molar-refractivity contribution in [1.29, 1.82) is 0 Å². The number of amides is 1. The maximum absolute atomic E-state index is 12.0. The van der Waals surface area contributed by atoms with Gasteiger partial charge < -0.3 is 19.4 Å². The summed E-state index contributed by atoms with van der Waals surface area (Å²) in [5, 5.41) is 2.64. The summed E-state index contributed by atoms with van der Waals surface area (Å²) in [4.78, 5) is 35.3. The van der Waals surface area contributed by atoms with Crippen LogP contribution < -0.4 is 15.5 Å². The summed E-state index contributed by atoms with van der Waals surface area (Å²) in [6.07, 6.45) is 1.63. The Morgan fingerprint density at radius 1 is 1.16 bits per heavy atom. The van der Waals surface area contributed by atoms with E-state index in [4.69, 9.17) is 9.47 Å². The van der Waals surface area contributed by atoms with Gasteiger partial charge in [0.1, 0.15) is 0 Å². The predicted molar refractivity (Wildman–Crippen MR) is 92.9 cm³/mol. The number of esters is 1. The van der Waals surface area contributed by atoms with Crippen molar-refractivity contribution in [1.82, 2.24) is 4.57 Å². The largest absolute Gasteiger partial charge is 0.478 e. The number of carbonyl (C=O) groups excluding carboxylic acids is 2. The van der Waals surface area contributed by atoms with E-state index >= 15 is 0 Å². The lowest BCUT2D eigenvalue weighted by atomic mass is 10.2. The number of nitrogens with zero attached hydrogens (tertiary/aromatic N) is 1. The molecule has 25 heavy (non-hydrogen) atoms. The van der Waals surface area contributed by atoms with Crippen molar-refractivity contribution < 1.29 is 19.1 Å². The lowest BCUT2D eigenvalue weighted by Crippen LogP contribution is -2.23. The van der Waals surface area contributed by atoms with Gasteiger partial charge in [-0.25, -0.2) is 4.79 Å². The molecule has 0 bridgehead atoms. The van der Waals surface area contributed by atoms with E-state index in [9.17, 15) is 14.4 Å². The van der Waals surface area contributed by atoms with Gasteiger partial charge in [-0.2, -0.15) is 0 Å². The summed E-state index contributed by atoms with van der Waals surface area (Å²) in [6.45, 7) is 3.48. The van der Waals surface area contributed by atoms with Gasteiger partial charge in [-0.15, -0.1) is 0 Å². The van der Waals surface area contributed by atoms with Crippen LogP contribution >= 0.6 is 0 Å². The summed E-state index contributed by atoms with van der Waals surface area (Å²) in [6, 6.07) is 7.69. The van der Waals surface area contributed by atoms with Crippen molar-refractivity contribution >= 4 is 17.6 Å². The molecule has 2 aromatic rings. The Hall–Kier alpha value is -3.09. The normalized spacial score (nSPS) is 10.2. The molecule has 0 fully saturated rings. The molecule has 132 valence electrons. The van der Waals surface area contributed by atoms with Gasteiger partial charge >= 0.3 is 5.97 Å². The lowest BCUT2D eigenvalue weighted by molar-refractivity contribution is -0.118. The second-order valence-corrected chi connectivity index (χ2v) is 5.34. The van der Waals surface area contributed by atoms with Crippen LogP contribution in [0.1, 0.15) is 23.0 Å². The van der Waals surface area contributed by atoms with E-state index in [2.05, 4.69) is 5.32 Å². The van der Waals surface area contributed by atoms with Crippen molar-refractivity contribution in [3.05, 3.63) is 58.0 Å². The van der Waals surface area contributed by atoms with Crippen LogP contribution in [0.25, 0.3) is 0 Å². The zero-order chi connectivity index (χ0) is 18.4. The van der Waals surface area contributed by atoms with Gasteiger partial charge in [-0.1, -0.05) is 0 Å². The van der Waals surface area contributed by atoms with Gasteiger partial charge in [-0.05, 0) is 38.1 Å². The highest BCUT2D eigenvalue weighted by molar-refractivity contribution is 5.93. The van der Waals surface area contributed by atoms with E-state index in [1.54, 1.807) is 55.9 Å². The number of rotatable bonds is 6. The van der Waals surface area contributed by atoms with E-state index in [1.165, 1.54) is 6.07 Å². The van der Waals surface area contributed by atoms with E-state index in [-0.39, 0.29) is 17.8 Å². The van der Waals surface area contributed by atoms with Gasteiger partial charge in [0.25, 0.3) is 5.91 Å². The lowest BCUT2D eigenvalue weighted by Gasteiger charge is -2.11. The summed E-state index contributed by atoms with van der Waals surface area (Å²) in [5.41, 5.74) is 1.28. The number of aryl methyl sites for hydroxylation is 1. The third kappa shape index (κ3) is 4.69. The van der Waals surface area contributed by atoms with Crippen LogP contribution in [0, 0.1) is 6.92 Å². The first-order valence-electron chi connectivity index (χ1n) is 7.78. The van der Waals surface area contributed by atoms with E-state index in [0.717, 1.165) is 0 Å². The molecule has 0 aliphatic heterocycles. The number of hydrogen-bond donors (Lipinski definition) is 1. The van der Waals surface area contributed by atoms with Crippen LogP contribution in [0.4, 0.5) is 5.69 Å². The fraction of sp³-hybridized carbons (Fsp3) is 0.278. The number of pyridine rings is 1. The Labute approximate surface area is 145 Å². The molecule has 2 rings (SSSR count). The molecule has 0 unspecified atom stereocenters. The highest BCUT2D eigenvalue weighted by Gasteiger charge is 2.11. The first kappa shape index (κ1) is 18.3. The minimum Gasteiger partial charge on any atom is -0.478 e. The van der Waals surface area contributed by atoms with Crippen molar-refractivity contribution in [2.75, 3.05) is 18.5 Å². The summed E-state index contributed by atoms with van der Waals surface area (Å²) < 4.78 is 12.0. The molecule has 0 saturated heterocycles. The first-order chi connectivity index (χ1) is 11.9. The second kappa shape index (κ2) is 8.14. The maximum Gasteiger partial charge on any atom is 0.338 e. The van der Waals surface area contributed by atoms with Crippen LogP contribution in [-0.4, -0.2) is 29.7 Å². The van der Waals surface area contributed by atoms with Crippen molar-refractivity contribution in [3.63, 3.8) is 0 Å². The quantitative estimate of drug-likeness (QED) is 0.809. The van der Waals surface area contributed by atoms with Crippen LogP contribution in [0.15, 0.2) is 41.3 Å². The average molecular weight is 344 g/mol. The zero-order valence-electron chi connectivity index (χ0n) is 14.4. The maximum atomic E-state index is 12.0. The zero-order valence-corrected chi connectivity index (χ0v) is 14.4. The molecule has 0 aliphatic carbocycles. The number of carbonyl (C=O) groups is 2. The Morgan fingerprint density at radius 2 is 1.84 bits per heavy atom. The highest BCUT2D eigenvalue weighted by atomic mass is 16.5. The molecule has 1 heterocycles. The third-order valence-electron chi connectivity index (χ3n) is 3.56. The number of hydrogen-bond acceptors (Lipinski definition) is 5. The van der Waals surface area contributed by atoms with Crippen LogP contribution in [-0.2, 0) is 16.6 Å². The number of aromatic nitrogens is 1. The van der Waals surface area contributed by atoms with Gasteiger partial charge in [-0.3, -0.25) is 9.59 Å². The second-order valence-electron chi connectivity index (χ2n) is 5.34. The van der Waals surface area contributed by atoms with E-state index in [1.807, 2.05) is 0 Å². The minimum atomic E-state index is -0.417. The molecule has 0 saturated carbocycles. The molecule has 0 radical (unpaired) electrons. The van der Waals surface area contributed by atoms with Crippen LogP contribution in [0.5, 0.6) is 5.75 Å². The van der Waals surface area contributed by atoms with Gasteiger partial charge in [0.05, 0.1) is 17.9 Å². The van der Waals surface area contributed by atoms with Crippen molar-refractivity contribution in [2.45, 2.75) is 13.8 Å². The fourth-order valence-electron chi connectivity index (χ4n) is 2.12. The Bertz CT molecular complexity index is 824. The molecule has 7 nitrogen and oxygen atoms in total. The Morgan fingerprint density at radius 3 is 2.48 bits per heavy atom. The predicted octanol–water partition coefficient (Wildman–Crippen LogP) is 1.89. The van der Waals surface area contributed by atoms with E-state index in [0.29, 0.717) is 23.6 Å². The molecule has 0 atom stereocenters. The number of nitrogens with one attached hydrogen (secondary N) is 1. The molecular formula is C18H20N2O5. The molecule has 1 N–H and O–H groups in total. The Kier molecular flexibility index (Phi) is 5.94. The minimum absolute atomic E-state index is 0.151. The molecule has 1 amide bonds. The monoisotopic (exact) mass is 344 g/mol. The van der Waals surface area contributed by atoms with E-state index < -0.39 is 11.9 Å². The summed E-state index contributed by atoms with van der Waals surface area (Å²) >= 11 is 0. The molecule has 0 aliphatic rings. The molecule has 1 aromatic heterocycles. The van der Waals surface area contributed by atoms with Crippen molar-refractivity contribution in [3.8, 4) is 5.75 Å². The van der Waals surface area contributed by atoms with Gasteiger partial charge in [0, 0.05) is 25.0 Å². The first-order valence-corrected chi connectivity index (χ1v) is 7.78. The smallest absolute Gasteiger partial charge is 0.338 e. The Balaban J connectivity index is 1.96. The summed E-state index contributed by atoms with van der Waals surface area (Å²) in [5.74, 6) is -0.675. The standard InChI is InChI=1S/C18H20N2O5/c1-4-24-18(23)13-5-7-14(8-6-13)19-16(22)11-25-17-12(2)20(3)10-9-15(17)21/h5-10H,4,11H2,1-3H3,(H,19,22). The van der Waals surface area contributed by atoms with Gasteiger partial charge in [0.2, 0.25) is 5.43 Å².